The molecular formula is C11H14O3S2. The summed E-state index contributed by atoms with van der Waals surface area (Å²) in [6.07, 6.45) is 5.02. The molecule has 0 unspecified atom stereocenters. The predicted octanol–water partition coefficient (Wildman–Crippen LogP) is 1.94. The Morgan fingerprint density at radius 2 is 2.06 bits per heavy atom. The highest BCUT2D eigenvalue weighted by atomic mass is 32.2. The molecule has 5 heteroatoms. The third-order valence-corrected chi connectivity index (χ3v) is 4.24. The molecule has 0 aliphatic heterocycles. The normalized spacial score (nSPS) is 11.4. The van der Waals surface area contributed by atoms with Crippen molar-refractivity contribution in [1.82, 2.24) is 0 Å². The van der Waals surface area contributed by atoms with Crippen LogP contribution < -0.4 is 0 Å². The van der Waals surface area contributed by atoms with Crippen molar-refractivity contribution in [2.45, 2.75) is 22.6 Å². The fourth-order valence-electron chi connectivity index (χ4n) is 1.40. The van der Waals surface area contributed by atoms with Crippen LogP contribution in [0.2, 0.25) is 0 Å². The van der Waals surface area contributed by atoms with Crippen LogP contribution in [0.3, 0.4) is 0 Å². The first-order valence-corrected chi connectivity index (χ1v) is 7.91. The molecular weight excluding hydrogens is 244 g/mol. The predicted molar refractivity (Wildman–Crippen MR) is 65.7 cm³/mol. The van der Waals surface area contributed by atoms with Crippen molar-refractivity contribution >= 4 is 27.9 Å². The highest BCUT2D eigenvalue weighted by Crippen LogP contribution is 2.26. The lowest BCUT2D eigenvalue weighted by molar-refractivity contribution is -0.107. The molecule has 0 aliphatic carbocycles. The molecule has 0 bridgehead atoms. The Kier molecular flexibility index (Phi) is 4.56. The molecule has 0 fully saturated rings. The van der Waals surface area contributed by atoms with Crippen molar-refractivity contribution in [3.63, 3.8) is 0 Å². The van der Waals surface area contributed by atoms with Crippen LogP contribution in [-0.4, -0.2) is 27.2 Å². The van der Waals surface area contributed by atoms with Gasteiger partial charge in [-0.1, -0.05) is 6.07 Å². The molecule has 1 rings (SSSR count). The first kappa shape index (κ1) is 13.3. The lowest BCUT2D eigenvalue weighted by atomic mass is 10.1. The highest BCUT2D eigenvalue weighted by Gasteiger charge is 2.12. The molecule has 0 saturated carbocycles. The summed E-state index contributed by atoms with van der Waals surface area (Å²) in [5.74, 6) is 0. The van der Waals surface area contributed by atoms with Gasteiger partial charge in [-0.2, -0.15) is 0 Å². The number of benzene rings is 1. The fraction of sp³-hybridized carbons (Fsp3) is 0.364. The van der Waals surface area contributed by atoms with Crippen molar-refractivity contribution in [2.24, 2.45) is 0 Å². The van der Waals surface area contributed by atoms with E-state index in [0.717, 1.165) is 16.7 Å². The summed E-state index contributed by atoms with van der Waals surface area (Å²) in [7, 11) is -3.17. The van der Waals surface area contributed by atoms with Crippen LogP contribution in [0.5, 0.6) is 0 Å². The Hall–Kier alpha value is -0.810. The summed E-state index contributed by atoms with van der Waals surface area (Å²) >= 11 is 1.40. The van der Waals surface area contributed by atoms with Gasteiger partial charge in [-0.05, 0) is 30.4 Å². The van der Waals surface area contributed by atoms with Crippen LogP contribution in [0.25, 0.3) is 0 Å². The zero-order valence-electron chi connectivity index (χ0n) is 9.26. The molecule has 16 heavy (non-hydrogen) atoms. The SMILES string of the molecule is CSc1cc(CCC=O)ccc1S(C)(=O)=O. The van der Waals surface area contributed by atoms with Crippen LogP contribution in [0, 0.1) is 0 Å². The van der Waals surface area contributed by atoms with Gasteiger partial charge in [0.15, 0.2) is 9.84 Å². The van der Waals surface area contributed by atoms with Gasteiger partial charge in [-0.15, -0.1) is 11.8 Å². The maximum Gasteiger partial charge on any atom is 0.176 e. The molecule has 0 aliphatic rings. The van der Waals surface area contributed by atoms with Gasteiger partial charge in [-0.25, -0.2) is 8.42 Å². The van der Waals surface area contributed by atoms with E-state index in [0.29, 0.717) is 17.7 Å². The Labute approximate surface area is 100 Å². The molecule has 0 aromatic heterocycles. The molecule has 0 radical (unpaired) electrons. The monoisotopic (exact) mass is 258 g/mol. The van der Waals surface area contributed by atoms with E-state index in [1.807, 2.05) is 12.3 Å². The number of hydrogen-bond donors (Lipinski definition) is 0. The molecule has 0 saturated heterocycles. The van der Waals surface area contributed by atoms with E-state index < -0.39 is 9.84 Å². The van der Waals surface area contributed by atoms with E-state index in [9.17, 15) is 13.2 Å². The standard InChI is InChI=1S/C11H14O3S2/c1-15-10-8-9(4-3-7-12)5-6-11(10)16(2,13)14/h5-8H,3-4H2,1-2H3. The highest BCUT2D eigenvalue weighted by molar-refractivity contribution is 7.99. The van der Waals surface area contributed by atoms with Crippen molar-refractivity contribution in [3.05, 3.63) is 23.8 Å². The fourth-order valence-corrected chi connectivity index (χ4v) is 3.38. The van der Waals surface area contributed by atoms with Crippen molar-refractivity contribution < 1.29 is 13.2 Å². The summed E-state index contributed by atoms with van der Waals surface area (Å²) < 4.78 is 22.9. The topological polar surface area (TPSA) is 51.2 Å². The summed E-state index contributed by atoms with van der Waals surface area (Å²) in [6.45, 7) is 0. The third kappa shape index (κ3) is 3.35. The molecule has 3 nitrogen and oxygen atoms in total. The van der Waals surface area contributed by atoms with Gasteiger partial charge in [0.1, 0.15) is 6.29 Å². The minimum atomic E-state index is -3.17. The third-order valence-electron chi connectivity index (χ3n) is 2.18. The number of aldehydes is 1. The van der Waals surface area contributed by atoms with Crippen molar-refractivity contribution in [1.29, 1.82) is 0 Å². The summed E-state index contributed by atoms with van der Waals surface area (Å²) in [4.78, 5) is 11.4. The molecule has 1 aromatic rings. The number of carbonyl (C=O) groups is 1. The Morgan fingerprint density at radius 3 is 2.56 bits per heavy atom. The maximum absolute atomic E-state index is 11.5. The van der Waals surface area contributed by atoms with Crippen LogP contribution in [0.4, 0.5) is 0 Å². The molecule has 0 amide bonds. The van der Waals surface area contributed by atoms with Gasteiger partial charge in [-0.3, -0.25) is 0 Å². The number of hydrogen-bond acceptors (Lipinski definition) is 4. The summed E-state index contributed by atoms with van der Waals surface area (Å²) in [6, 6.07) is 5.21. The van der Waals surface area contributed by atoms with E-state index in [1.165, 1.54) is 18.0 Å². The number of aryl methyl sites for hydroxylation is 1. The van der Waals surface area contributed by atoms with E-state index in [4.69, 9.17) is 0 Å². The number of carbonyl (C=O) groups excluding carboxylic acids is 1. The van der Waals surface area contributed by atoms with Gasteiger partial charge in [0, 0.05) is 17.6 Å². The van der Waals surface area contributed by atoms with E-state index in [2.05, 4.69) is 0 Å². The van der Waals surface area contributed by atoms with Gasteiger partial charge < -0.3 is 4.79 Å². The van der Waals surface area contributed by atoms with Crippen LogP contribution >= 0.6 is 11.8 Å². The Balaban J connectivity index is 3.12. The zero-order chi connectivity index (χ0) is 12.2. The van der Waals surface area contributed by atoms with Crippen LogP contribution in [0.1, 0.15) is 12.0 Å². The van der Waals surface area contributed by atoms with Crippen LogP contribution in [-0.2, 0) is 21.1 Å². The Morgan fingerprint density at radius 1 is 1.38 bits per heavy atom. The van der Waals surface area contributed by atoms with Gasteiger partial charge in [0.25, 0.3) is 0 Å². The lowest BCUT2D eigenvalue weighted by Gasteiger charge is -2.07. The lowest BCUT2D eigenvalue weighted by Crippen LogP contribution is -2.00. The average Bonchev–Trinajstić information content (AvgIpc) is 2.24. The quantitative estimate of drug-likeness (QED) is 0.598. The van der Waals surface area contributed by atoms with E-state index in [1.54, 1.807) is 12.1 Å². The average molecular weight is 258 g/mol. The van der Waals surface area contributed by atoms with Crippen molar-refractivity contribution in [3.8, 4) is 0 Å². The van der Waals surface area contributed by atoms with Crippen molar-refractivity contribution in [2.75, 3.05) is 12.5 Å². The smallest absolute Gasteiger partial charge is 0.176 e. The second-order valence-electron chi connectivity index (χ2n) is 3.46. The molecule has 1 aromatic carbocycles. The van der Waals surface area contributed by atoms with E-state index >= 15 is 0 Å². The largest absolute Gasteiger partial charge is 0.303 e. The second-order valence-corrected chi connectivity index (χ2v) is 6.29. The second kappa shape index (κ2) is 5.50. The minimum absolute atomic E-state index is 0.356. The number of rotatable bonds is 5. The number of sulfone groups is 1. The molecule has 0 heterocycles. The summed E-state index contributed by atoms with van der Waals surface area (Å²) in [5.41, 5.74) is 0.990. The van der Waals surface area contributed by atoms with Crippen LogP contribution in [0.15, 0.2) is 28.0 Å². The Bertz CT molecular complexity index is 478. The van der Waals surface area contributed by atoms with Gasteiger partial charge in [0.05, 0.1) is 4.90 Å². The molecule has 88 valence electrons. The summed E-state index contributed by atoms with van der Waals surface area (Å²) in [5, 5.41) is 0. The van der Waals surface area contributed by atoms with E-state index in [-0.39, 0.29) is 0 Å². The van der Waals surface area contributed by atoms with Gasteiger partial charge in [0.2, 0.25) is 0 Å². The zero-order valence-corrected chi connectivity index (χ0v) is 10.9. The molecule has 0 atom stereocenters. The molecule has 0 N–H and O–H groups in total. The maximum atomic E-state index is 11.5. The number of thioether (sulfide) groups is 1. The first-order chi connectivity index (χ1) is 7.49. The van der Waals surface area contributed by atoms with Gasteiger partial charge >= 0.3 is 0 Å². The minimum Gasteiger partial charge on any atom is -0.303 e. The first-order valence-electron chi connectivity index (χ1n) is 4.79. The molecule has 0 spiro atoms.